The maximum atomic E-state index is 13.4. The number of aromatic nitrogens is 1. The molecule has 0 amide bonds. The van der Waals surface area contributed by atoms with Crippen LogP contribution in [0, 0.1) is 5.82 Å². The Kier molecular flexibility index (Phi) is 7.66. The van der Waals surface area contributed by atoms with Crippen molar-refractivity contribution in [1.29, 1.82) is 0 Å². The molecule has 0 bridgehead atoms. The Balaban J connectivity index is 0.00000220. The molecule has 0 fully saturated rings. The van der Waals surface area contributed by atoms with Crippen LogP contribution in [0.25, 0.3) is 0 Å². The molecule has 0 aliphatic heterocycles. The zero-order valence-corrected chi connectivity index (χ0v) is 13.8. The molecular weight excluding hydrogens is 382 g/mol. The Morgan fingerprint density at radius 3 is 2.67 bits per heavy atom. The van der Waals surface area contributed by atoms with E-state index in [0.29, 0.717) is 18.1 Å². The number of nitrogens with zero attached hydrogens (tertiary/aromatic N) is 2. The number of rotatable bonds is 5. The fourth-order valence-corrected chi connectivity index (χ4v) is 1.72. The normalized spacial score (nSPS) is 10.8. The van der Waals surface area contributed by atoms with Crippen LogP contribution in [0.15, 0.2) is 53.7 Å². The highest BCUT2D eigenvalue weighted by molar-refractivity contribution is 14.0. The number of guanidine groups is 1. The van der Waals surface area contributed by atoms with E-state index in [1.807, 2.05) is 18.2 Å². The SMILES string of the molecule is I.NC(=NCc1ccccc1F)NCCc1ccccn1. The van der Waals surface area contributed by atoms with Gasteiger partial charge in [-0.1, -0.05) is 24.3 Å². The lowest BCUT2D eigenvalue weighted by Gasteiger charge is -2.05. The van der Waals surface area contributed by atoms with E-state index in [1.165, 1.54) is 6.07 Å². The van der Waals surface area contributed by atoms with Crippen LogP contribution in [0.5, 0.6) is 0 Å². The topological polar surface area (TPSA) is 63.3 Å². The van der Waals surface area contributed by atoms with Crippen LogP contribution in [0.2, 0.25) is 0 Å². The predicted molar refractivity (Wildman–Crippen MR) is 93.1 cm³/mol. The lowest BCUT2D eigenvalue weighted by molar-refractivity contribution is 0.610. The summed E-state index contributed by atoms with van der Waals surface area (Å²) in [6.07, 6.45) is 2.52. The van der Waals surface area contributed by atoms with E-state index >= 15 is 0 Å². The average Bonchev–Trinajstić information content (AvgIpc) is 2.47. The minimum absolute atomic E-state index is 0. The molecule has 0 radical (unpaired) electrons. The molecule has 2 rings (SSSR count). The van der Waals surface area contributed by atoms with E-state index in [-0.39, 0.29) is 36.3 Å². The number of halogens is 2. The van der Waals surface area contributed by atoms with E-state index in [1.54, 1.807) is 24.4 Å². The lowest BCUT2D eigenvalue weighted by atomic mass is 10.2. The Morgan fingerprint density at radius 1 is 1.19 bits per heavy atom. The third kappa shape index (κ3) is 6.07. The van der Waals surface area contributed by atoms with Gasteiger partial charge < -0.3 is 11.1 Å². The summed E-state index contributed by atoms with van der Waals surface area (Å²) in [5.74, 6) is 0.0433. The molecule has 112 valence electrons. The molecule has 1 aromatic heterocycles. The first-order valence-corrected chi connectivity index (χ1v) is 6.43. The summed E-state index contributed by atoms with van der Waals surface area (Å²) in [6.45, 7) is 0.874. The quantitative estimate of drug-likeness (QED) is 0.461. The molecule has 1 heterocycles. The molecule has 3 N–H and O–H groups in total. The van der Waals surface area contributed by atoms with Crippen molar-refractivity contribution < 1.29 is 4.39 Å². The van der Waals surface area contributed by atoms with E-state index in [9.17, 15) is 4.39 Å². The molecule has 0 spiro atoms. The Bertz CT molecular complexity index is 575. The van der Waals surface area contributed by atoms with Gasteiger partial charge in [-0.2, -0.15) is 0 Å². The van der Waals surface area contributed by atoms with E-state index in [2.05, 4.69) is 15.3 Å². The van der Waals surface area contributed by atoms with Crippen molar-refractivity contribution in [1.82, 2.24) is 10.3 Å². The maximum Gasteiger partial charge on any atom is 0.188 e. The summed E-state index contributed by atoms with van der Waals surface area (Å²) >= 11 is 0. The standard InChI is InChI=1S/C15H17FN4.HI/c16-14-7-2-1-5-12(14)11-20-15(17)19-10-8-13-6-3-4-9-18-13;/h1-7,9H,8,10-11H2,(H3,17,19,20);1H. The van der Waals surface area contributed by atoms with Gasteiger partial charge in [0.05, 0.1) is 6.54 Å². The fraction of sp³-hybridized carbons (Fsp3) is 0.200. The van der Waals surface area contributed by atoms with Gasteiger partial charge in [0.15, 0.2) is 5.96 Å². The molecule has 0 aliphatic rings. The third-order valence-corrected chi connectivity index (χ3v) is 2.79. The monoisotopic (exact) mass is 400 g/mol. The summed E-state index contributed by atoms with van der Waals surface area (Å²) < 4.78 is 13.4. The number of hydrogen-bond acceptors (Lipinski definition) is 2. The number of aliphatic imine (C=N–C) groups is 1. The number of hydrogen-bond donors (Lipinski definition) is 2. The minimum atomic E-state index is -0.266. The second kappa shape index (κ2) is 9.28. The van der Waals surface area contributed by atoms with E-state index in [4.69, 9.17) is 5.73 Å². The van der Waals surface area contributed by atoms with Gasteiger partial charge in [-0.25, -0.2) is 9.38 Å². The fourth-order valence-electron chi connectivity index (χ4n) is 1.72. The van der Waals surface area contributed by atoms with Gasteiger partial charge in [-0.15, -0.1) is 24.0 Å². The van der Waals surface area contributed by atoms with Crippen molar-refractivity contribution in [3.63, 3.8) is 0 Å². The molecule has 1 aromatic carbocycles. The van der Waals surface area contributed by atoms with E-state index in [0.717, 1.165) is 12.1 Å². The summed E-state index contributed by atoms with van der Waals surface area (Å²) in [6, 6.07) is 12.3. The van der Waals surface area contributed by atoms with Crippen molar-refractivity contribution in [2.75, 3.05) is 6.54 Å². The summed E-state index contributed by atoms with van der Waals surface area (Å²) in [7, 11) is 0. The number of pyridine rings is 1. The van der Waals surface area contributed by atoms with Crippen LogP contribution in [-0.4, -0.2) is 17.5 Å². The second-order valence-corrected chi connectivity index (χ2v) is 4.29. The van der Waals surface area contributed by atoms with Gasteiger partial charge in [0, 0.05) is 30.4 Å². The minimum Gasteiger partial charge on any atom is -0.370 e. The number of nitrogens with two attached hydrogens (primary N) is 1. The smallest absolute Gasteiger partial charge is 0.188 e. The predicted octanol–water partition coefficient (Wildman–Crippen LogP) is 2.49. The van der Waals surface area contributed by atoms with Crippen molar-refractivity contribution in [2.24, 2.45) is 10.7 Å². The molecule has 21 heavy (non-hydrogen) atoms. The average molecular weight is 400 g/mol. The van der Waals surface area contributed by atoms with Crippen LogP contribution < -0.4 is 11.1 Å². The van der Waals surface area contributed by atoms with Crippen molar-refractivity contribution >= 4 is 29.9 Å². The van der Waals surface area contributed by atoms with Crippen molar-refractivity contribution in [3.8, 4) is 0 Å². The first-order valence-electron chi connectivity index (χ1n) is 6.43. The first kappa shape index (κ1) is 17.4. The molecule has 4 nitrogen and oxygen atoms in total. The van der Waals surface area contributed by atoms with Gasteiger partial charge in [0.2, 0.25) is 0 Å². The van der Waals surface area contributed by atoms with Crippen molar-refractivity contribution in [2.45, 2.75) is 13.0 Å². The first-order chi connectivity index (χ1) is 9.75. The van der Waals surface area contributed by atoms with Crippen LogP contribution in [-0.2, 0) is 13.0 Å². The third-order valence-electron chi connectivity index (χ3n) is 2.79. The van der Waals surface area contributed by atoms with Gasteiger partial charge in [0.1, 0.15) is 5.82 Å². The summed E-state index contributed by atoms with van der Waals surface area (Å²) in [5.41, 5.74) is 7.25. The van der Waals surface area contributed by atoms with Crippen LogP contribution >= 0.6 is 24.0 Å². The van der Waals surface area contributed by atoms with Gasteiger partial charge >= 0.3 is 0 Å². The molecule has 0 saturated carbocycles. The Labute approximate surface area is 140 Å². The zero-order chi connectivity index (χ0) is 14.2. The molecular formula is C15H18FIN4. The highest BCUT2D eigenvalue weighted by atomic mass is 127. The highest BCUT2D eigenvalue weighted by Crippen LogP contribution is 2.06. The number of benzene rings is 1. The largest absolute Gasteiger partial charge is 0.370 e. The van der Waals surface area contributed by atoms with Gasteiger partial charge in [-0.05, 0) is 18.2 Å². The molecule has 0 unspecified atom stereocenters. The molecule has 0 saturated heterocycles. The molecule has 2 aromatic rings. The van der Waals surface area contributed by atoms with E-state index < -0.39 is 0 Å². The van der Waals surface area contributed by atoms with Crippen molar-refractivity contribution in [3.05, 3.63) is 65.7 Å². The highest BCUT2D eigenvalue weighted by Gasteiger charge is 1.99. The Morgan fingerprint density at radius 2 is 1.95 bits per heavy atom. The lowest BCUT2D eigenvalue weighted by Crippen LogP contribution is -2.33. The molecule has 0 atom stereocenters. The molecule has 6 heteroatoms. The van der Waals surface area contributed by atoms with Crippen LogP contribution in [0.4, 0.5) is 4.39 Å². The second-order valence-electron chi connectivity index (χ2n) is 4.29. The van der Waals surface area contributed by atoms with Gasteiger partial charge in [-0.3, -0.25) is 4.98 Å². The van der Waals surface area contributed by atoms with Gasteiger partial charge in [0.25, 0.3) is 0 Å². The van der Waals surface area contributed by atoms with Crippen LogP contribution in [0.1, 0.15) is 11.3 Å². The van der Waals surface area contributed by atoms with Crippen LogP contribution in [0.3, 0.4) is 0 Å². The molecule has 0 aliphatic carbocycles. The zero-order valence-electron chi connectivity index (χ0n) is 11.5. The summed E-state index contributed by atoms with van der Waals surface area (Å²) in [4.78, 5) is 8.32. The maximum absolute atomic E-state index is 13.4. The summed E-state index contributed by atoms with van der Waals surface area (Å²) in [5, 5.41) is 2.99. The number of nitrogens with one attached hydrogen (secondary N) is 1. The Hall–Kier alpha value is -1.70.